The Hall–Kier alpha value is -4.07. The maximum absolute atomic E-state index is 13.5. The Kier molecular flexibility index (Phi) is 7.80. The molecule has 0 amide bonds. The largest absolute Gasteiger partial charge is 0.466 e. The fraction of sp³-hybridized carbons (Fsp3) is 0.472. The lowest BCUT2D eigenvalue weighted by Gasteiger charge is -2.17. The molecule has 3 aromatic rings. The Balaban J connectivity index is 1.67. The van der Waals surface area contributed by atoms with Gasteiger partial charge in [0.2, 0.25) is 0 Å². The smallest absolute Gasteiger partial charge is 0.305 e. The van der Waals surface area contributed by atoms with Crippen LogP contribution in [0.1, 0.15) is 144 Å². The van der Waals surface area contributed by atoms with Crippen molar-refractivity contribution in [2.75, 3.05) is 6.61 Å². The average Bonchev–Trinajstić information content (AvgIpc) is 3.73. The summed E-state index contributed by atoms with van der Waals surface area (Å²) >= 11 is 0. The van der Waals surface area contributed by atoms with Crippen molar-refractivity contribution in [3.63, 3.8) is 0 Å². The summed E-state index contributed by atoms with van der Waals surface area (Å²) in [5.74, 6) is 0.180. The minimum absolute atomic E-state index is 0.00414. The zero-order chi connectivity index (χ0) is 31.4. The van der Waals surface area contributed by atoms with Crippen molar-refractivity contribution in [1.82, 2.24) is 19.9 Å². The number of aryl methyl sites for hydroxylation is 2. The molecule has 0 spiro atoms. The molecular formula is C36H42N4O4. The summed E-state index contributed by atoms with van der Waals surface area (Å²) in [6.45, 7) is 14.5. The lowest BCUT2D eigenvalue weighted by molar-refractivity contribution is -0.143. The lowest BCUT2D eigenvalue weighted by Crippen LogP contribution is -2.10. The van der Waals surface area contributed by atoms with E-state index in [4.69, 9.17) is 14.7 Å². The third-order valence-electron chi connectivity index (χ3n) is 10.0. The van der Waals surface area contributed by atoms with Gasteiger partial charge in [0.15, 0.2) is 11.6 Å². The number of H-pyrrole nitrogens is 2. The number of rotatable bonds is 7. The molecule has 0 fully saturated rings. The molecule has 3 aromatic heterocycles. The number of esters is 1. The number of hydrogen-bond donors (Lipinski definition) is 2. The Morgan fingerprint density at radius 3 is 2.27 bits per heavy atom. The molecule has 0 unspecified atom stereocenters. The first-order valence-electron chi connectivity index (χ1n) is 16.0. The van der Waals surface area contributed by atoms with E-state index in [1.807, 2.05) is 32.9 Å². The molecule has 5 heterocycles. The number of carbonyl (C=O) groups excluding carboxylic acids is 3. The first-order valence-corrected chi connectivity index (χ1v) is 16.0. The van der Waals surface area contributed by atoms with E-state index in [1.54, 1.807) is 6.92 Å². The summed E-state index contributed by atoms with van der Waals surface area (Å²) in [6.07, 6.45) is 2.82. The standard InChI is InChI=1S/C36H42N4O4/c1-8-12-44-32(43)11-10-23-18(4)26-14-27-19(5)33(21(7)41)30(38-27)16-25-17(3)22(9-2)29(37-25)15-28-20(6)34-31(42)13-24(35(23)39-26)36(34)40-28/h14-18,22-23,38,40H,8-13H2,1-7H3/t17-,18+,22-,23+/m1/s1. The van der Waals surface area contributed by atoms with Crippen LogP contribution in [0.3, 0.4) is 0 Å². The molecule has 8 nitrogen and oxygen atoms in total. The molecule has 230 valence electrons. The number of aromatic amines is 2. The first kappa shape index (κ1) is 30.0. The number of hydrogen-bond acceptors (Lipinski definition) is 6. The van der Waals surface area contributed by atoms with E-state index in [-0.39, 0.29) is 54.0 Å². The highest BCUT2D eigenvalue weighted by atomic mass is 16.5. The molecule has 2 N–H and O–H groups in total. The quantitative estimate of drug-likeness (QED) is 0.213. The number of fused-ring (bicyclic) bond motifs is 8. The summed E-state index contributed by atoms with van der Waals surface area (Å²) in [7, 11) is 0. The van der Waals surface area contributed by atoms with E-state index in [0.717, 1.165) is 79.9 Å². The predicted molar refractivity (Wildman–Crippen MR) is 172 cm³/mol. The maximum atomic E-state index is 13.5. The van der Waals surface area contributed by atoms with Gasteiger partial charge in [-0.05, 0) is 69.4 Å². The summed E-state index contributed by atoms with van der Waals surface area (Å²) in [5, 5.41) is 0. The molecule has 0 aromatic carbocycles. The third-order valence-corrected chi connectivity index (χ3v) is 10.0. The van der Waals surface area contributed by atoms with Gasteiger partial charge in [-0.1, -0.05) is 27.7 Å². The van der Waals surface area contributed by atoms with Crippen molar-refractivity contribution in [3.05, 3.63) is 68.8 Å². The van der Waals surface area contributed by atoms with E-state index in [2.05, 4.69) is 36.8 Å². The molecule has 8 heteroatoms. The van der Waals surface area contributed by atoms with Gasteiger partial charge < -0.3 is 14.7 Å². The summed E-state index contributed by atoms with van der Waals surface area (Å²) in [4.78, 5) is 56.4. The van der Waals surface area contributed by atoms with E-state index >= 15 is 0 Å². The highest BCUT2D eigenvalue weighted by molar-refractivity contribution is 6.13. The molecule has 3 aliphatic rings. The Labute approximate surface area is 258 Å². The molecule has 0 saturated carbocycles. The fourth-order valence-electron chi connectivity index (χ4n) is 7.51. The van der Waals surface area contributed by atoms with Crippen LogP contribution >= 0.6 is 0 Å². The van der Waals surface area contributed by atoms with E-state index in [1.165, 1.54) is 0 Å². The number of ketones is 2. The molecule has 0 radical (unpaired) electrons. The van der Waals surface area contributed by atoms with Crippen LogP contribution in [-0.4, -0.2) is 44.1 Å². The number of Topliss-reactive ketones (excluding diaryl/α,β-unsaturated/α-hetero) is 2. The summed E-state index contributed by atoms with van der Waals surface area (Å²) in [6, 6.07) is 6.16. The number of aromatic nitrogens is 4. The lowest BCUT2D eigenvalue weighted by atomic mass is 9.85. The van der Waals surface area contributed by atoms with Crippen LogP contribution in [0.2, 0.25) is 0 Å². The molecule has 1 aliphatic carbocycles. The topological polar surface area (TPSA) is 118 Å². The molecular weight excluding hydrogens is 552 g/mol. The SMILES string of the molecule is CCCOC(=O)CC[C@@H]1c2nc(cc3[nH]c(cc4nc(cc5[nH]c6c2CC(=O)c6c5C)[C@H](CC)[C@H]4C)c(C(C)=O)c3C)[C@H]1C. The second kappa shape index (κ2) is 11.5. The van der Waals surface area contributed by atoms with E-state index in [9.17, 15) is 14.4 Å². The van der Waals surface area contributed by atoms with Crippen molar-refractivity contribution in [2.24, 2.45) is 0 Å². The van der Waals surface area contributed by atoms with Crippen LogP contribution in [-0.2, 0) is 16.0 Å². The minimum Gasteiger partial charge on any atom is -0.466 e. The van der Waals surface area contributed by atoms with Crippen LogP contribution in [0, 0.1) is 13.8 Å². The number of nitrogens with one attached hydrogen (secondary N) is 2. The number of carbonyl (C=O) groups is 3. The molecule has 6 rings (SSSR count). The second-order valence-corrected chi connectivity index (χ2v) is 12.8. The molecule has 0 saturated heterocycles. The van der Waals surface area contributed by atoms with Gasteiger partial charge in [-0.25, -0.2) is 0 Å². The highest BCUT2D eigenvalue weighted by Gasteiger charge is 2.36. The number of ether oxygens (including phenoxy) is 1. The van der Waals surface area contributed by atoms with Crippen molar-refractivity contribution >= 4 is 39.6 Å². The van der Waals surface area contributed by atoms with E-state index in [0.29, 0.717) is 18.6 Å². The van der Waals surface area contributed by atoms with Crippen molar-refractivity contribution in [1.29, 1.82) is 0 Å². The molecule has 44 heavy (non-hydrogen) atoms. The number of nitrogens with zero attached hydrogens (tertiary/aromatic N) is 2. The van der Waals surface area contributed by atoms with Gasteiger partial charge in [-0.3, -0.25) is 24.4 Å². The van der Waals surface area contributed by atoms with E-state index < -0.39 is 0 Å². The van der Waals surface area contributed by atoms with Gasteiger partial charge in [0.05, 0.1) is 23.3 Å². The van der Waals surface area contributed by atoms with Crippen LogP contribution in [0.15, 0.2) is 18.2 Å². The molecule has 8 bridgehead atoms. The fourth-order valence-corrected chi connectivity index (χ4v) is 7.51. The zero-order valence-electron chi connectivity index (χ0n) is 26.8. The van der Waals surface area contributed by atoms with Crippen molar-refractivity contribution < 1.29 is 19.1 Å². The second-order valence-electron chi connectivity index (χ2n) is 12.8. The zero-order valence-corrected chi connectivity index (χ0v) is 26.8. The van der Waals surface area contributed by atoms with Gasteiger partial charge >= 0.3 is 5.97 Å². The van der Waals surface area contributed by atoms with Gasteiger partial charge in [0.25, 0.3) is 0 Å². The van der Waals surface area contributed by atoms with Gasteiger partial charge in [-0.2, -0.15) is 0 Å². The van der Waals surface area contributed by atoms with Gasteiger partial charge in [0, 0.05) is 81.3 Å². The van der Waals surface area contributed by atoms with Crippen LogP contribution < -0.4 is 0 Å². The Bertz CT molecular complexity index is 1860. The first-order chi connectivity index (χ1) is 21.0. The van der Waals surface area contributed by atoms with Crippen LogP contribution in [0.5, 0.6) is 0 Å². The Morgan fingerprint density at radius 1 is 0.909 bits per heavy atom. The van der Waals surface area contributed by atoms with Crippen LogP contribution in [0.25, 0.3) is 22.1 Å². The third kappa shape index (κ3) is 4.88. The predicted octanol–water partition coefficient (Wildman–Crippen LogP) is 7.79. The highest BCUT2D eigenvalue weighted by Crippen LogP contribution is 2.45. The van der Waals surface area contributed by atoms with Gasteiger partial charge in [-0.15, -0.1) is 0 Å². The monoisotopic (exact) mass is 594 g/mol. The average molecular weight is 595 g/mol. The van der Waals surface area contributed by atoms with Gasteiger partial charge in [0.1, 0.15) is 0 Å². The maximum Gasteiger partial charge on any atom is 0.305 e. The van der Waals surface area contributed by atoms with Crippen LogP contribution in [0.4, 0.5) is 0 Å². The van der Waals surface area contributed by atoms with Crippen molar-refractivity contribution in [3.8, 4) is 0 Å². The summed E-state index contributed by atoms with van der Waals surface area (Å²) in [5.41, 5.74) is 11.1. The normalized spacial score (nSPS) is 20.8. The molecule has 2 aliphatic heterocycles. The van der Waals surface area contributed by atoms with Crippen molar-refractivity contribution in [2.45, 2.75) is 104 Å². The molecule has 4 atom stereocenters. The minimum atomic E-state index is -0.213. The Morgan fingerprint density at radius 2 is 1.57 bits per heavy atom. The summed E-state index contributed by atoms with van der Waals surface area (Å²) < 4.78 is 5.39.